The number of hydrogen-bond donors (Lipinski definition) is 3. The van der Waals surface area contributed by atoms with Crippen LogP contribution in [-0.4, -0.2) is 43.8 Å². The Bertz CT molecular complexity index is 1380. The molecule has 200 valence electrons. The number of ether oxygens (including phenoxy) is 1. The molecule has 1 aromatic heterocycles. The summed E-state index contributed by atoms with van der Waals surface area (Å²) in [6.45, 7) is 4.56. The highest BCUT2D eigenvalue weighted by Crippen LogP contribution is 2.34. The number of pyridine rings is 1. The zero-order chi connectivity index (χ0) is 26.9. The third-order valence-electron chi connectivity index (χ3n) is 6.65. The Hall–Kier alpha value is -4.43. The lowest BCUT2D eigenvalue weighted by Gasteiger charge is -2.31. The van der Waals surface area contributed by atoms with Crippen LogP contribution < -0.4 is 25.6 Å². The summed E-state index contributed by atoms with van der Waals surface area (Å²) in [4.78, 5) is 18.6. The first-order valence-corrected chi connectivity index (χ1v) is 13.2. The highest BCUT2D eigenvalue weighted by Gasteiger charge is 2.17. The summed E-state index contributed by atoms with van der Waals surface area (Å²) in [7, 11) is 0. The number of nitrogens with zero attached hydrogens (tertiary/aromatic N) is 2. The molecule has 2 amide bonds. The van der Waals surface area contributed by atoms with Gasteiger partial charge < -0.3 is 25.6 Å². The summed E-state index contributed by atoms with van der Waals surface area (Å²) in [6, 6.07) is 23.9. The number of nitrogens with one attached hydrogen (secondary N) is 3. The molecule has 5 rings (SSSR count). The average molecular weight is 526 g/mol. The molecule has 1 fully saturated rings. The molecule has 3 aromatic carbocycles. The number of carbonyl (C=O) groups excluding carboxylic acids is 1. The fraction of sp³-hybridized carbons (Fsp3) is 0.226. The zero-order valence-corrected chi connectivity index (χ0v) is 21.7. The number of piperazine rings is 1. The highest BCUT2D eigenvalue weighted by molar-refractivity contribution is 5.89. The van der Waals surface area contributed by atoms with Crippen molar-refractivity contribution in [2.24, 2.45) is 0 Å². The number of hydrogen-bond acceptors (Lipinski definition) is 5. The Morgan fingerprint density at radius 2 is 1.79 bits per heavy atom. The van der Waals surface area contributed by atoms with Gasteiger partial charge in [0, 0.05) is 68.5 Å². The number of aromatic nitrogens is 1. The van der Waals surface area contributed by atoms with Crippen LogP contribution in [0.4, 0.5) is 20.6 Å². The molecule has 0 saturated carbocycles. The van der Waals surface area contributed by atoms with Crippen LogP contribution in [0.3, 0.4) is 0 Å². The molecule has 7 nitrogen and oxygen atoms in total. The van der Waals surface area contributed by atoms with Crippen LogP contribution >= 0.6 is 0 Å². The summed E-state index contributed by atoms with van der Waals surface area (Å²) in [5, 5.41) is 9.01. The smallest absolute Gasteiger partial charge is 0.319 e. The van der Waals surface area contributed by atoms with Crippen molar-refractivity contribution < 1.29 is 13.9 Å². The lowest BCUT2D eigenvalue weighted by atomic mass is 9.95. The fourth-order valence-electron chi connectivity index (χ4n) is 4.69. The quantitative estimate of drug-likeness (QED) is 0.279. The van der Waals surface area contributed by atoms with Gasteiger partial charge in [0.05, 0.1) is 6.61 Å². The van der Waals surface area contributed by atoms with Crippen LogP contribution in [0.2, 0.25) is 0 Å². The number of rotatable bonds is 9. The third kappa shape index (κ3) is 7.12. The number of carbonyl (C=O) groups is 1. The maximum absolute atomic E-state index is 14.3. The third-order valence-corrected chi connectivity index (χ3v) is 6.65. The molecule has 1 saturated heterocycles. The van der Waals surface area contributed by atoms with Gasteiger partial charge in [0.1, 0.15) is 11.6 Å². The molecule has 0 aliphatic carbocycles. The predicted molar refractivity (Wildman–Crippen MR) is 153 cm³/mol. The average Bonchev–Trinajstić information content (AvgIpc) is 2.98. The van der Waals surface area contributed by atoms with Gasteiger partial charge in [0.25, 0.3) is 0 Å². The summed E-state index contributed by atoms with van der Waals surface area (Å²) in [5.41, 5.74) is 5.77. The maximum Gasteiger partial charge on any atom is 0.319 e. The molecule has 0 bridgehead atoms. The first-order valence-electron chi connectivity index (χ1n) is 13.2. The van der Waals surface area contributed by atoms with Crippen molar-refractivity contribution in [2.45, 2.75) is 13.0 Å². The van der Waals surface area contributed by atoms with E-state index >= 15 is 0 Å². The van der Waals surface area contributed by atoms with E-state index in [4.69, 9.17) is 4.74 Å². The number of benzene rings is 3. The van der Waals surface area contributed by atoms with Crippen molar-refractivity contribution in [3.8, 4) is 16.9 Å². The van der Waals surface area contributed by atoms with Crippen LogP contribution in [0, 0.1) is 5.82 Å². The lowest BCUT2D eigenvalue weighted by Crippen LogP contribution is -2.43. The van der Waals surface area contributed by atoms with Gasteiger partial charge in [-0.05, 0) is 65.2 Å². The van der Waals surface area contributed by atoms with Gasteiger partial charge in [-0.15, -0.1) is 0 Å². The maximum atomic E-state index is 14.3. The van der Waals surface area contributed by atoms with Gasteiger partial charge >= 0.3 is 6.03 Å². The van der Waals surface area contributed by atoms with Gasteiger partial charge in [-0.1, -0.05) is 30.3 Å². The van der Waals surface area contributed by atoms with E-state index in [2.05, 4.69) is 44.0 Å². The van der Waals surface area contributed by atoms with Crippen LogP contribution in [-0.2, 0) is 13.0 Å². The van der Waals surface area contributed by atoms with E-state index in [1.807, 2.05) is 36.4 Å². The standard InChI is InChI=1S/C31H32FN5O2/c32-25-7-12-28(29-5-1-2-6-30(29)37-17-15-33-16-18-37)24(20-25)13-19-39-27-10-8-26(9-11-27)36-31(38)35-22-23-4-3-14-34-21-23/h1-12,14,20-21,33H,13,15-19,22H2,(H2,35,36,38). The topological polar surface area (TPSA) is 78.5 Å². The van der Waals surface area contributed by atoms with E-state index in [1.165, 1.54) is 11.8 Å². The lowest BCUT2D eigenvalue weighted by molar-refractivity contribution is 0.251. The molecule has 3 N–H and O–H groups in total. The minimum absolute atomic E-state index is 0.259. The van der Waals surface area contributed by atoms with E-state index in [0.29, 0.717) is 31.0 Å². The second-order valence-corrected chi connectivity index (χ2v) is 9.35. The van der Waals surface area contributed by atoms with Gasteiger partial charge in [-0.3, -0.25) is 4.98 Å². The molecular formula is C31H32FN5O2. The van der Waals surface area contributed by atoms with Crippen molar-refractivity contribution in [2.75, 3.05) is 43.0 Å². The molecule has 0 atom stereocenters. The molecule has 2 heterocycles. The van der Waals surface area contributed by atoms with E-state index in [1.54, 1.807) is 30.6 Å². The first-order chi connectivity index (χ1) is 19.2. The molecule has 1 aliphatic heterocycles. The SMILES string of the molecule is O=C(NCc1cccnc1)Nc1ccc(OCCc2cc(F)ccc2-c2ccccc2N2CCNCC2)cc1. The number of amides is 2. The van der Waals surface area contributed by atoms with E-state index in [-0.39, 0.29) is 11.8 Å². The second kappa shape index (κ2) is 12.9. The predicted octanol–water partition coefficient (Wildman–Crippen LogP) is 5.24. The minimum Gasteiger partial charge on any atom is -0.493 e. The van der Waals surface area contributed by atoms with Crippen molar-refractivity contribution in [1.82, 2.24) is 15.6 Å². The molecule has 0 radical (unpaired) electrons. The number of anilines is 2. The fourth-order valence-corrected chi connectivity index (χ4v) is 4.69. The van der Waals surface area contributed by atoms with Crippen molar-refractivity contribution in [3.63, 3.8) is 0 Å². The van der Waals surface area contributed by atoms with Crippen molar-refractivity contribution >= 4 is 17.4 Å². The van der Waals surface area contributed by atoms with Gasteiger partial charge in [0.2, 0.25) is 0 Å². The largest absolute Gasteiger partial charge is 0.493 e. The number of para-hydroxylation sites is 1. The van der Waals surface area contributed by atoms with E-state index < -0.39 is 0 Å². The molecule has 1 aliphatic rings. The van der Waals surface area contributed by atoms with Gasteiger partial charge in [-0.2, -0.15) is 0 Å². The summed E-state index contributed by atoms with van der Waals surface area (Å²) in [6.07, 6.45) is 3.96. The van der Waals surface area contributed by atoms with Gasteiger partial charge in [-0.25, -0.2) is 9.18 Å². The van der Waals surface area contributed by atoms with Crippen LogP contribution in [0.15, 0.2) is 91.3 Å². The summed E-state index contributed by atoms with van der Waals surface area (Å²) >= 11 is 0. The summed E-state index contributed by atoms with van der Waals surface area (Å²) in [5.74, 6) is 0.418. The summed E-state index contributed by atoms with van der Waals surface area (Å²) < 4.78 is 20.2. The van der Waals surface area contributed by atoms with E-state index in [9.17, 15) is 9.18 Å². The minimum atomic E-state index is -0.299. The number of urea groups is 1. The Morgan fingerprint density at radius 3 is 2.59 bits per heavy atom. The van der Waals surface area contributed by atoms with Crippen LogP contribution in [0.5, 0.6) is 5.75 Å². The normalized spacial score (nSPS) is 13.1. The van der Waals surface area contributed by atoms with Crippen molar-refractivity contribution in [1.29, 1.82) is 0 Å². The van der Waals surface area contributed by atoms with Gasteiger partial charge in [0.15, 0.2) is 0 Å². The molecule has 8 heteroatoms. The number of halogens is 1. The molecule has 4 aromatic rings. The van der Waals surface area contributed by atoms with E-state index in [0.717, 1.165) is 48.4 Å². The zero-order valence-electron chi connectivity index (χ0n) is 21.7. The monoisotopic (exact) mass is 525 g/mol. The van der Waals surface area contributed by atoms with Crippen LogP contribution in [0.1, 0.15) is 11.1 Å². The highest BCUT2D eigenvalue weighted by atomic mass is 19.1. The Kier molecular flexibility index (Phi) is 8.65. The molecule has 0 unspecified atom stereocenters. The second-order valence-electron chi connectivity index (χ2n) is 9.35. The Balaban J connectivity index is 1.19. The first kappa shape index (κ1) is 26.2. The molecular weight excluding hydrogens is 493 g/mol. The molecule has 39 heavy (non-hydrogen) atoms. The van der Waals surface area contributed by atoms with Crippen molar-refractivity contribution in [3.05, 3.63) is 108 Å². The Labute approximate surface area is 228 Å². The Morgan fingerprint density at radius 1 is 0.974 bits per heavy atom. The van der Waals surface area contributed by atoms with Crippen LogP contribution in [0.25, 0.3) is 11.1 Å². The molecule has 0 spiro atoms.